The summed E-state index contributed by atoms with van der Waals surface area (Å²) in [6, 6.07) is 29.0. The molecule has 2 aromatic heterocycles. The van der Waals surface area contributed by atoms with E-state index in [0.29, 0.717) is 22.4 Å². The van der Waals surface area contributed by atoms with Gasteiger partial charge in [-0.1, -0.05) is 77.4 Å². The molecular formula is C31H24ClN3O3. The largest absolute Gasteiger partial charge is 0.426 e. The summed E-state index contributed by atoms with van der Waals surface area (Å²) in [7, 11) is 0. The maximum absolute atomic E-state index is 11.9. The number of nitrogens with one attached hydrogen (secondary N) is 1. The molecule has 6 rings (SSSR count). The molecule has 3 aromatic carbocycles. The number of hydrogen-bond donors (Lipinski definition) is 1. The number of hydrogen-bond acceptors (Lipinski definition) is 6. The lowest BCUT2D eigenvalue weighted by atomic mass is 10.0. The number of nitrogens with zero attached hydrogens (tertiary/aromatic N) is 2. The highest BCUT2D eigenvalue weighted by Gasteiger charge is 2.31. The molecule has 38 heavy (non-hydrogen) atoms. The van der Waals surface area contributed by atoms with Crippen molar-refractivity contribution in [1.82, 2.24) is 10.1 Å². The number of aryl methyl sites for hydroxylation is 1. The van der Waals surface area contributed by atoms with Gasteiger partial charge >= 0.3 is 5.97 Å². The Labute approximate surface area is 225 Å². The van der Waals surface area contributed by atoms with Gasteiger partial charge in [0.2, 0.25) is 0 Å². The maximum atomic E-state index is 11.9. The number of benzene rings is 3. The van der Waals surface area contributed by atoms with Crippen LogP contribution >= 0.6 is 11.6 Å². The number of halogens is 1. The van der Waals surface area contributed by atoms with Crippen LogP contribution in [0.5, 0.6) is 5.75 Å². The summed E-state index contributed by atoms with van der Waals surface area (Å²) in [6.45, 7) is 1.89. The van der Waals surface area contributed by atoms with Crippen molar-refractivity contribution in [2.75, 3.05) is 5.32 Å². The molecule has 0 saturated heterocycles. The van der Waals surface area contributed by atoms with E-state index in [0.717, 1.165) is 52.2 Å². The standard InChI is InChI=1S/C31H24ClN3O3/c1-19-29(34-28-8-4-7-27(33-28)25-5-2-3-6-26(25)32)30(38-35-19)22-11-9-20(10-12-22)21-15-17-24(18-16-21)37-31(36)23-13-14-23/h2-12,15-18,23H,13-14H2,1H3,(H,33,34). The van der Waals surface area contributed by atoms with E-state index in [1.54, 1.807) is 0 Å². The van der Waals surface area contributed by atoms with E-state index in [-0.39, 0.29) is 11.9 Å². The summed E-state index contributed by atoms with van der Waals surface area (Å²) in [5, 5.41) is 8.21. The Morgan fingerprint density at radius 1 is 0.895 bits per heavy atom. The van der Waals surface area contributed by atoms with Gasteiger partial charge in [0.1, 0.15) is 22.9 Å². The lowest BCUT2D eigenvalue weighted by molar-refractivity contribution is -0.135. The number of carbonyl (C=O) groups excluding carboxylic acids is 1. The highest BCUT2D eigenvalue weighted by molar-refractivity contribution is 6.33. The third-order valence-corrected chi connectivity index (χ3v) is 6.81. The fourth-order valence-electron chi connectivity index (χ4n) is 4.21. The molecule has 1 aliphatic rings. The SMILES string of the molecule is Cc1noc(-c2ccc(-c3ccc(OC(=O)C4CC4)cc3)cc2)c1Nc1cccc(-c2ccccc2Cl)n1. The smallest absolute Gasteiger partial charge is 0.314 e. The molecule has 1 fully saturated rings. The first-order valence-electron chi connectivity index (χ1n) is 12.4. The molecule has 0 radical (unpaired) electrons. The van der Waals surface area contributed by atoms with Gasteiger partial charge in [-0.2, -0.15) is 0 Å². The summed E-state index contributed by atoms with van der Waals surface area (Å²) in [5.41, 5.74) is 6.06. The van der Waals surface area contributed by atoms with Crippen LogP contribution in [0.25, 0.3) is 33.7 Å². The highest BCUT2D eigenvalue weighted by atomic mass is 35.5. The number of aromatic nitrogens is 2. The van der Waals surface area contributed by atoms with Crippen molar-refractivity contribution in [2.45, 2.75) is 19.8 Å². The van der Waals surface area contributed by atoms with Crippen LogP contribution in [0.2, 0.25) is 5.02 Å². The van der Waals surface area contributed by atoms with Crippen LogP contribution in [-0.2, 0) is 4.79 Å². The van der Waals surface area contributed by atoms with Crippen molar-refractivity contribution in [2.24, 2.45) is 5.92 Å². The van der Waals surface area contributed by atoms with Crippen LogP contribution in [0.4, 0.5) is 11.5 Å². The molecule has 0 bridgehead atoms. The zero-order chi connectivity index (χ0) is 26.1. The minimum absolute atomic E-state index is 0.0726. The lowest BCUT2D eigenvalue weighted by Crippen LogP contribution is -2.09. The van der Waals surface area contributed by atoms with E-state index in [9.17, 15) is 4.79 Å². The van der Waals surface area contributed by atoms with Crippen molar-refractivity contribution in [3.63, 3.8) is 0 Å². The highest BCUT2D eigenvalue weighted by Crippen LogP contribution is 2.35. The zero-order valence-corrected chi connectivity index (χ0v) is 21.4. The van der Waals surface area contributed by atoms with Gasteiger partial charge in [0.05, 0.1) is 11.6 Å². The second-order valence-corrected chi connectivity index (χ2v) is 9.69. The summed E-state index contributed by atoms with van der Waals surface area (Å²) in [6.07, 6.45) is 1.85. The molecule has 6 nitrogen and oxygen atoms in total. The normalized spacial score (nSPS) is 12.8. The number of ether oxygens (including phenoxy) is 1. The van der Waals surface area contributed by atoms with Crippen LogP contribution in [0.3, 0.4) is 0 Å². The molecule has 0 spiro atoms. The predicted octanol–water partition coefficient (Wildman–Crippen LogP) is 8.09. The maximum Gasteiger partial charge on any atom is 0.314 e. The first kappa shape index (κ1) is 23.9. The zero-order valence-electron chi connectivity index (χ0n) is 20.6. The molecule has 7 heteroatoms. The molecular weight excluding hydrogens is 498 g/mol. The van der Waals surface area contributed by atoms with E-state index in [2.05, 4.69) is 10.5 Å². The van der Waals surface area contributed by atoms with E-state index in [4.69, 9.17) is 25.8 Å². The third kappa shape index (κ3) is 5.04. The van der Waals surface area contributed by atoms with Gasteiger partial charge in [-0.15, -0.1) is 0 Å². The Balaban J connectivity index is 1.21. The second-order valence-electron chi connectivity index (χ2n) is 9.28. The van der Waals surface area contributed by atoms with Crippen LogP contribution in [0.15, 0.2) is 95.5 Å². The van der Waals surface area contributed by atoms with Crippen molar-refractivity contribution >= 4 is 29.1 Å². The van der Waals surface area contributed by atoms with E-state index in [1.165, 1.54) is 0 Å². The van der Waals surface area contributed by atoms with Crippen molar-refractivity contribution in [3.05, 3.63) is 102 Å². The fraction of sp³-hybridized carbons (Fsp3) is 0.129. The van der Waals surface area contributed by atoms with Crippen LogP contribution < -0.4 is 10.1 Å². The van der Waals surface area contributed by atoms with Gasteiger partial charge in [0.25, 0.3) is 0 Å². The van der Waals surface area contributed by atoms with E-state index in [1.807, 2.05) is 97.9 Å². The van der Waals surface area contributed by atoms with Crippen LogP contribution in [0.1, 0.15) is 18.5 Å². The van der Waals surface area contributed by atoms with Gasteiger partial charge in [0, 0.05) is 16.1 Å². The van der Waals surface area contributed by atoms with Gasteiger partial charge in [-0.05, 0) is 61.2 Å². The Kier molecular flexibility index (Phi) is 6.40. The van der Waals surface area contributed by atoms with E-state index >= 15 is 0 Å². The van der Waals surface area contributed by atoms with Gasteiger partial charge in [-0.25, -0.2) is 4.98 Å². The second kappa shape index (κ2) is 10.1. The Morgan fingerprint density at radius 2 is 1.58 bits per heavy atom. The van der Waals surface area contributed by atoms with Gasteiger partial charge in [-0.3, -0.25) is 4.79 Å². The molecule has 0 unspecified atom stereocenters. The monoisotopic (exact) mass is 521 g/mol. The molecule has 1 aliphatic carbocycles. The first-order valence-corrected chi connectivity index (χ1v) is 12.8. The first-order chi connectivity index (χ1) is 18.5. The van der Waals surface area contributed by atoms with Crippen LogP contribution in [0, 0.1) is 12.8 Å². The predicted molar refractivity (Wildman–Crippen MR) is 148 cm³/mol. The molecule has 1 saturated carbocycles. The third-order valence-electron chi connectivity index (χ3n) is 6.48. The molecule has 2 heterocycles. The average molecular weight is 522 g/mol. The molecule has 0 atom stereocenters. The average Bonchev–Trinajstić information content (AvgIpc) is 3.74. The molecule has 0 amide bonds. The van der Waals surface area contributed by atoms with Crippen molar-refractivity contribution < 1.29 is 14.1 Å². The number of pyridine rings is 1. The number of carbonyl (C=O) groups is 1. The van der Waals surface area contributed by atoms with Gasteiger partial charge < -0.3 is 14.6 Å². The minimum Gasteiger partial charge on any atom is -0.426 e. The van der Waals surface area contributed by atoms with E-state index < -0.39 is 0 Å². The summed E-state index contributed by atoms with van der Waals surface area (Å²) in [5.74, 6) is 1.79. The molecule has 5 aromatic rings. The Morgan fingerprint density at radius 3 is 2.29 bits per heavy atom. The Bertz CT molecular complexity index is 1610. The van der Waals surface area contributed by atoms with Crippen molar-refractivity contribution in [3.8, 4) is 39.5 Å². The van der Waals surface area contributed by atoms with Crippen molar-refractivity contribution in [1.29, 1.82) is 0 Å². The van der Waals surface area contributed by atoms with Crippen LogP contribution in [-0.4, -0.2) is 16.1 Å². The lowest BCUT2D eigenvalue weighted by Gasteiger charge is -2.10. The molecule has 0 aliphatic heterocycles. The Hall–Kier alpha value is -4.42. The topological polar surface area (TPSA) is 77.2 Å². The minimum atomic E-state index is -0.139. The van der Waals surface area contributed by atoms with Gasteiger partial charge in [0.15, 0.2) is 5.76 Å². The number of esters is 1. The quantitative estimate of drug-likeness (QED) is 0.172. The summed E-state index contributed by atoms with van der Waals surface area (Å²) in [4.78, 5) is 16.6. The molecule has 188 valence electrons. The fourth-order valence-corrected chi connectivity index (χ4v) is 4.45. The molecule has 1 N–H and O–H groups in total. The summed E-state index contributed by atoms with van der Waals surface area (Å²) >= 11 is 6.38. The number of rotatable bonds is 7. The number of anilines is 2. The summed E-state index contributed by atoms with van der Waals surface area (Å²) < 4.78 is 11.1.